The fraction of sp³-hybridized carbons (Fsp3) is 0.190. The Balaban J connectivity index is 1.67. The number of hydrogen-bond donors (Lipinski definition) is 2. The fourth-order valence-electron chi connectivity index (χ4n) is 3.39. The first-order valence-electron chi connectivity index (χ1n) is 8.90. The molecule has 152 valence electrons. The van der Waals surface area contributed by atoms with Gasteiger partial charge >= 0.3 is 6.03 Å². The molecule has 2 aliphatic heterocycles. The Kier molecular flexibility index (Phi) is 4.84. The summed E-state index contributed by atoms with van der Waals surface area (Å²) in [7, 11) is 1.50. The summed E-state index contributed by atoms with van der Waals surface area (Å²) in [5, 5.41) is 4.48. The molecule has 2 aromatic carbocycles. The van der Waals surface area contributed by atoms with Crippen molar-refractivity contribution in [3.05, 3.63) is 63.9 Å². The van der Waals surface area contributed by atoms with Gasteiger partial charge in [0.2, 0.25) is 5.54 Å². The number of carbonyl (C=O) groups excluding carboxylic acids is 3. The minimum absolute atomic E-state index is 0.0309. The minimum Gasteiger partial charge on any atom is -0.497 e. The maximum atomic E-state index is 14.2. The lowest BCUT2D eigenvalue weighted by Crippen LogP contribution is -2.54. The zero-order valence-corrected chi connectivity index (χ0v) is 16.5. The number of fused-ring (bicyclic) bond motifs is 1. The van der Waals surface area contributed by atoms with E-state index in [9.17, 15) is 18.8 Å². The molecule has 2 N–H and O–H groups in total. The van der Waals surface area contributed by atoms with E-state index in [-0.39, 0.29) is 29.6 Å². The highest BCUT2D eigenvalue weighted by Crippen LogP contribution is 2.28. The van der Waals surface area contributed by atoms with Gasteiger partial charge in [-0.25, -0.2) is 9.18 Å². The summed E-state index contributed by atoms with van der Waals surface area (Å²) < 4.78 is 19.3. The van der Waals surface area contributed by atoms with E-state index in [0.29, 0.717) is 11.3 Å². The van der Waals surface area contributed by atoms with Crippen molar-refractivity contribution < 1.29 is 23.5 Å². The number of methoxy groups -OCH3 is 1. The molecular formula is C21H15ClFN3O4. The van der Waals surface area contributed by atoms with Crippen LogP contribution in [0.4, 0.5) is 9.18 Å². The smallest absolute Gasteiger partial charge is 0.323 e. The maximum Gasteiger partial charge on any atom is 0.323 e. The summed E-state index contributed by atoms with van der Waals surface area (Å²) in [5.74, 6) is 3.97. The number of ether oxygens (including phenoxy) is 1. The third-order valence-electron chi connectivity index (χ3n) is 4.93. The number of hydrogen-bond acceptors (Lipinski definition) is 4. The summed E-state index contributed by atoms with van der Waals surface area (Å²) in [6.07, 6.45) is 0. The average molecular weight is 428 g/mol. The predicted molar refractivity (Wildman–Crippen MR) is 105 cm³/mol. The van der Waals surface area contributed by atoms with Gasteiger partial charge in [-0.15, -0.1) is 0 Å². The molecule has 0 saturated carbocycles. The first-order valence-corrected chi connectivity index (χ1v) is 9.28. The SMILES string of the molecule is COc1ccc2c(c1)C(=O)N(C[C@@]1(C#Cc3cccc(Cl)c3F)NC(=O)NC1=O)C2. The van der Waals surface area contributed by atoms with Crippen molar-refractivity contribution in [1.82, 2.24) is 15.5 Å². The summed E-state index contributed by atoms with van der Waals surface area (Å²) in [6, 6.07) is 8.66. The zero-order valence-electron chi connectivity index (χ0n) is 15.7. The highest BCUT2D eigenvalue weighted by atomic mass is 35.5. The second-order valence-corrected chi connectivity index (χ2v) is 7.26. The molecular weight excluding hydrogens is 413 g/mol. The highest BCUT2D eigenvalue weighted by Gasteiger charge is 2.48. The number of amides is 4. The lowest BCUT2D eigenvalue weighted by Gasteiger charge is -2.26. The molecule has 7 nitrogen and oxygen atoms in total. The van der Waals surface area contributed by atoms with Crippen molar-refractivity contribution in [1.29, 1.82) is 0 Å². The maximum absolute atomic E-state index is 14.2. The molecule has 0 aromatic heterocycles. The van der Waals surface area contributed by atoms with E-state index < -0.39 is 23.3 Å². The largest absolute Gasteiger partial charge is 0.497 e. The normalized spacial score (nSPS) is 19.7. The number of halogens is 2. The lowest BCUT2D eigenvalue weighted by molar-refractivity contribution is -0.122. The van der Waals surface area contributed by atoms with Crippen molar-refractivity contribution in [3.63, 3.8) is 0 Å². The van der Waals surface area contributed by atoms with Crippen LogP contribution in [0.3, 0.4) is 0 Å². The predicted octanol–water partition coefficient (Wildman–Crippen LogP) is 2.07. The van der Waals surface area contributed by atoms with Crippen molar-refractivity contribution in [2.45, 2.75) is 12.1 Å². The zero-order chi connectivity index (χ0) is 21.5. The van der Waals surface area contributed by atoms with Crippen LogP contribution in [0, 0.1) is 17.7 Å². The first-order chi connectivity index (χ1) is 14.3. The number of rotatable bonds is 3. The molecule has 2 heterocycles. The van der Waals surface area contributed by atoms with Crippen LogP contribution >= 0.6 is 11.6 Å². The standard InChI is InChI=1S/C21H15ClFN3O4/c1-30-14-6-5-13-10-26(18(27)15(13)9-14)11-21(19(28)24-20(29)25-21)8-7-12-3-2-4-16(22)17(12)23/h2-6,9H,10-11H2,1H3,(H2,24,25,28,29)/t21-/m1/s1. The Hall–Kier alpha value is -3.57. The molecule has 1 fully saturated rings. The van der Waals surface area contributed by atoms with Crippen LogP contribution in [0.25, 0.3) is 0 Å². The van der Waals surface area contributed by atoms with Gasteiger partial charge in [-0.2, -0.15) is 0 Å². The molecule has 4 amide bonds. The Morgan fingerprint density at radius 2 is 2.07 bits per heavy atom. The van der Waals surface area contributed by atoms with Gasteiger partial charge in [0.15, 0.2) is 5.82 Å². The van der Waals surface area contributed by atoms with E-state index in [1.807, 2.05) is 0 Å². The summed E-state index contributed by atoms with van der Waals surface area (Å²) in [6.45, 7) is 0.0197. The Labute approximate surface area is 176 Å². The summed E-state index contributed by atoms with van der Waals surface area (Å²) >= 11 is 5.77. The Morgan fingerprint density at radius 3 is 2.77 bits per heavy atom. The molecule has 0 radical (unpaired) electrons. The number of carbonyl (C=O) groups is 3. The van der Waals surface area contributed by atoms with Gasteiger partial charge in [-0.3, -0.25) is 14.9 Å². The first kappa shape index (κ1) is 19.7. The van der Waals surface area contributed by atoms with Crippen LogP contribution in [-0.4, -0.2) is 41.9 Å². The van der Waals surface area contributed by atoms with Crippen LogP contribution in [0.15, 0.2) is 36.4 Å². The fourth-order valence-corrected chi connectivity index (χ4v) is 3.56. The Bertz CT molecular complexity index is 1160. The molecule has 0 unspecified atom stereocenters. The number of imide groups is 1. The second kappa shape index (κ2) is 7.35. The number of nitrogens with zero attached hydrogens (tertiary/aromatic N) is 1. The summed E-state index contributed by atoms with van der Waals surface area (Å²) in [4.78, 5) is 38.7. The molecule has 2 aromatic rings. The van der Waals surface area contributed by atoms with E-state index in [2.05, 4.69) is 22.5 Å². The van der Waals surface area contributed by atoms with E-state index in [1.54, 1.807) is 18.2 Å². The quantitative estimate of drug-likeness (QED) is 0.580. The van der Waals surface area contributed by atoms with E-state index in [1.165, 1.54) is 30.2 Å². The number of urea groups is 1. The molecule has 1 saturated heterocycles. The van der Waals surface area contributed by atoms with Gasteiger partial charge in [0.1, 0.15) is 5.75 Å². The average Bonchev–Trinajstić information content (AvgIpc) is 3.18. The van der Waals surface area contributed by atoms with Crippen LogP contribution < -0.4 is 15.4 Å². The van der Waals surface area contributed by atoms with Gasteiger partial charge < -0.3 is 15.0 Å². The van der Waals surface area contributed by atoms with E-state index in [0.717, 1.165) is 5.56 Å². The van der Waals surface area contributed by atoms with Gasteiger partial charge in [-0.05, 0) is 29.8 Å². The molecule has 9 heteroatoms. The second-order valence-electron chi connectivity index (χ2n) is 6.85. The van der Waals surface area contributed by atoms with Crippen LogP contribution in [0.5, 0.6) is 5.75 Å². The molecule has 2 aliphatic rings. The monoisotopic (exact) mass is 427 g/mol. The highest BCUT2D eigenvalue weighted by molar-refractivity contribution is 6.30. The summed E-state index contributed by atoms with van der Waals surface area (Å²) in [5.41, 5.74) is -0.553. The third kappa shape index (κ3) is 3.33. The number of nitrogens with one attached hydrogen (secondary N) is 2. The van der Waals surface area contributed by atoms with Gasteiger partial charge in [0.05, 0.1) is 24.2 Å². The molecule has 30 heavy (non-hydrogen) atoms. The van der Waals surface area contributed by atoms with Crippen molar-refractivity contribution >= 4 is 29.4 Å². The molecule has 0 bridgehead atoms. The van der Waals surface area contributed by atoms with E-state index >= 15 is 0 Å². The molecule has 1 atom stereocenters. The van der Waals surface area contributed by atoms with E-state index in [4.69, 9.17) is 16.3 Å². The van der Waals surface area contributed by atoms with Gasteiger partial charge in [-0.1, -0.05) is 35.6 Å². The van der Waals surface area contributed by atoms with Gasteiger partial charge in [0, 0.05) is 12.1 Å². The Morgan fingerprint density at radius 1 is 1.27 bits per heavy atom. The van der Waals surface area contributed by atoms with Crippen molar-refractivity contribution in [2.24, 2.45) is 0 Å². The van der Waals surface area contributed by atoms with Gasteiger partial charge in [0.25, 0.3) is 11.8 Å². The topological polar surface area (TPSA) is 87.7 Å². The number of benzene rings is 2. The molecule has 4 rings (SSSR count). The molecule has 0 aliphatic carbocycles. The van der Waals surface area contributed by atoms with Crippen molar-refractivity contribution in [2.75, 3.05) is 13.7 Å². The minimum atomic E-state index is -1.73. The van der Waals surface area contributed by atoms with Crippen LogP contribution in [0.2, 0.25) is 5.02 Å². The lowest BCUT2D eigenvalue weighted by atomic mass is 9.99. The van der Waals surface area contributed by atoms with Crippen LogP contribution in [0.1, 0.15) is 21.5 Å². The van der Waals surface area contributed by atoms with Crippen molar-refractivity contribution in [3.8, 4) is 17.6 Å². The van der Waals surface area contributed by atoms with Crippen LogP contribution in [-0.2, 0) is 11.3 Å². The third-order valence-corrected chi connectivity index (χ3v) is 5.22. The molecule has 0 spiro atoms.